The lowest BCUT2D eigenvalue weighted by Crippen LogP contribution is -2.41. The van der Waals surface area contributed by atoms with Crippen LogP contribution in [0, 0.1) is 0 Å². The van der Waals surface area contributed by atoms with Gasteiger partial charge >= 0.3 is 0 Å². The topological polar surface area (TPSA) is 109 Å². The molecule has 0 saturated carbocycles. The maximum absolute atomic E-state index is 12.3. The van der Waals surface area contributed by atoms with Crippen molar-refractivity contribution in [2.45, 2.75) is 44.6 Å². The van der Waals surface area contributed by atoms with E-state index in [1.54, 1.807) is 18.3 Å². The highest BCUT2D eigenvalue weighted by Gasteiger charge is 2.19. The average molecular weight is 570 g/mol. The van der Waals surface area contributed by atoms with E-state index in [-0.39, 0.29) is 47.4 Å². The number of oxazole rings is 1. The Labute approximate surface area is 200 Å². The SMILES string of the molecule is CCNC(=NCc1ncc(C(C)(C)C)o1)NCCNS(=O)(=O)c1cccc(Cl)c1.I. The Hall–Kier alpha value is -1.37. The molecule has 2 rings (SSSR count). The molecule has 1 aromatic carbocycles. The average Bonchev–Trinajstić information content (AvgIpc) is 3.12. The first-order valence-corrected chi connectivity index (χ1v) is 11.2. The Balaban J connectivity index is 0.00000450. The van der Waals surface area contributed by atoms with Crippen molar-refractivity contribution in [2.75, 3.05) is 19.6 Å². The molecule has 0 aliphatic carbocycles. The number of guanidine groups is 1. The molecule has 0 spiro atoms. The number of rotatable bonds is 8. The van der Waals surface area contributed by atoms with Crippen LogP contribution in [0.15, 0.2) is 44.8 Å². The normalized spacial score (nSPS) is 12.4. The first-order chi connectivity index (χ1) is 13.6. The Morgan fingerprint density at radius 3 is 2.57 bits per heavy atom. The molecule has 8 nitrogen and oxygen atoms in total. The summed E-state index contributed by atoms with van der Waals surface area (Å²) in [6.45, 7) is 9.58. The van der Waals surface area contributed by atoms with E-state index in [1.807, 2.05) is 6.92 Å². The van der Waals surface area contributed by atoms with Gasteiger partial charge in [0.2, 0.25) is 15.9 Å². The van der Waals surface area contributed by atoms with Gasteiger partial charge in [-0.2, -0.15) is 0 Å². The molecule has 0 aliphatic heterocycles. The minimum atomic E-state index is -3.62. The predicted molar refractivity (Wildman–Crippen MR) is 130 cm³/mol. The Kier molecular flexibility index (Phi) is 10.5. The van der Waals surface area contributed by atoms with Crippen LogP contribution in [-0.2, 0) is 22.0 Å². The summed E-state index contributed by atoms with van der Waals surface area (Å²) < 4.78 is 32.8. The summed E-state index contributed by atoms with van der Waals surface area (Å²) in [6.07, 6.45) is 1.72. The van der Waals surface area contributed by atoms with Gasteiger partial charge in [-0.3, -0.25) is 0 Å². The first-order valence-electron chi connectivity index (χ1n) is 9.34. The summed E-state index contributed by atoms with van der Waals surface area (Å²) in [7, 11) is -3.62. The van der Waals surface area contributed by atoms with Crippen molar-refractivity contribution in [3.8, 4) is 0 Å². The van der Waals surface area contributed by atoms with Crippen molar-refractivity contribution in [3.05, 3.63) is 47.1 Å². The molecule has 0 unspecified atom stereocenters. The van der Waals surface area contributed by atoms with Gasteiger partial charge in [0.25, 0.3) is 0 Å². The van der Waals surface area contributed by atoms with Crippen LogP contribution in [0.2, 0.25) is 5.02 Å². The second-order valence-corrected chi connectivity index (χ2v) is 9.55. The molecule has 1 heterocycles. The minimum absolute atomic E-state index is 0. The molecule has 0 radical (unpaired) electrons. The largest absolute Gasteiger partial charge is 0.443 e. The third-order valence-electron chi connectivity index (χ3n) is 3.83. The minimum Gasteiger partial charge on any atom is -0.443 e. The molecular weight excluding hydrogens is 541 g/mol. The lowest BCUT2D eigenvalue weighted by molar-refractivity contribution is 0.383. The van der Waals surface area contributed by atoms with Gasteiger partial charge in [0.05, 0.1) is 11.1 Å². The fourth-order valence-electron chi connectivity index (χ4n) is 2.30. The van der Waals surface area contributed by atoms with E-state index in [1.165, 1.54) is 12.1 Å². The van der Waals surface area contributed by atoms with Crippen LogP contribution in [0.3, 0.4) is 0 Å². The van der Waals surface area contributed by atoms with E-state index in [0.717, 1.165) is 5.76 Å². The number of halogens is 2. The lowest BCUT2D eigenvalue weighted by atomic mass is 9.94. The summed E-state index contributed by atoms with van der Waals surface area (Å²) in [5.74, 6) is 1.87. The number of hydrogen-bond donors (Lipinski definition) is 3. The van der Waals surface area contributed by atoms with Crippen LogP contribution in [-0.4, -0.2) is 39.0 Å². The molecule has 168 valence electrons. The molecule has 3 N–H and O–H groups in total. The first kappa shape index (κ1) is 26.7. The second kappa shape index (κ2) is 11.9. The molecule has 30 heavy (non-hydrogen) atoms. The highest BCUT2D eigenvalue weighted by molar-refractivity contribution is 14.0. The number of nitrogens with zero attached hydrogens (tertiary/aromatic N) is 2. The van der Waals surface area contributed by atoms with Crippen molar-refractivity contribution in [2.24, 2.45) is 4.99 Å². The third-order valence-corrected chi connectivity index (χ3v) is 5.52. The standard InChI is InChI=1S/C19H28ClN5O3S.HI/c1-5-21-18(24-13-17-23-12-16(28-17)19(2,3)4)22-9-10-25-29(26,27)15-8-6-7-14(20)11-15;/h6-8,11-12,25H,5,9-10,13H2,1-4H3,(H2,21,22,24);1H. The second-order valence-electron chi connectivity index (χ2n) is 7.35. The van der Waals surface area contributed by atoms with Gasteiger partial charge in [0.1, 0.15) is 12.3 Å². The van der Waals surface area contributed by atoms with Gasteiger partial charge in [-0.15, -0.1) is 24.0 Å². The van der Waals surface area contributed by atoms with Gasteiger partial charge in [-0.1, -0.05) is 38.4 Å². The van der Waals surface area contributed by atoms with Gasteiger partial charge in [-0.05, 0) is 25.1 Å². The zero-order chi connectivity index (χ0) is 21.5. The van der Waals surface area contributed by atoms with Crippen LogP contribution in [0.1, 0.15) is 39.3 Å². The fourth-order valence-corrected chi connectivity index (χ4v) is 3.63. The lowest BCUT2D eigenvalue weighted by Gasteiger charge is -2.13. The number of hydrogen-bond acceptors (Lipinski definition) is 5. The fraction of sp³-hybridized carbons (Fsp3) is 0.474. The molecule has 1 aromatic heterocycles. The van der Waals surface area contributed by atoms with Gasteiger partial charge in [0.15, 0.2) is 5.96 Å². The zero-order valence-electron chi connectivity index (χ0n) is 17.5. The predicted octanol–water partition coefficient (Wildman–Crippen LogP) is 3.28. The van der Waals surface area contributed by atoms with Crippen LogP contribution in [0.5, 0.6) is 0 Å². The van der Waals surface area contributed by atoms with E-state index < -0.39 is 10.0 Å². The summed E-state index contributed by atoms with van der Waals surface area (Å²) in [5.41, 5.74) is -0.113. The van der Waals surface area contributed by atoms with Crippen LogP contribution in [0.4, 0.5) is 0 Å². The van der Waals surface area contributed by atoms with Gasteiger partial charge in [0, 0.05) is 30.1 Å². The van der Waals surface area contributed by atoms with E-state index in [0.29, 0.717) is 30.0 Å². The Morgan fingerprint density at radius 1 is 1.23 bits per heavy atom. The molecule has 0 fully saturated rings. The number of nitrogens with one attached hydrogen (secondary N) is 3. The summed E-state index contributed by atoms with van der Waals surface area (Å²) >= 11 is 5.86. The molecule has 0 saturated heterocycles. The van der Waals surface area contributed by atoms with Crippen LogP contribution < -0.4 is 15.4 Å². The Bertz CT molecular complexity index is 942. The molecular formula is C19H29ClIN5O3S. The van der Waals surface area contributed by atoms with Crippen molar-refractivity contribution in [3.63, 3.8) is 0 Å². The molecule has 0 aliphatic rings. The zero-order valence-corrected chi connectivity index (χ0v) is 21.4. The van der Waals surface area contributed by atoms with Gasteiger partial charge in [-0.25, -0.2) is 23.1 Å². The van der Waals surface area contributed by atoms with Crippen molar-refractivity contribution < 1.29 is 12.8 Å². The number of aliphatic imine (C=N–C) groups is 1. The monoisotopic (exact) mass is 569 g/mol. The summed E-state index contributed by atoms with van der Waals surface area (Å²) in [6, 6.07) is 6.12. The van der Waals surface area contributed by atoms with Gasteiger partial charge < -0.3 is 15.1 Å². The maximum Gasteiger partial charge on any atom is 0.240 e. The Morgan fingerprint density at radius 2 is 1.97 bits per heavy atom. The van der Waals surface area contributed by atoms with Crippen LogP contribution >= 0.6 is 35.6 Å². The highest BCUT2D eigenvalue weighted by Crippen LogP contribution is 2.22. The van der Waals surface area contributed by atoms with Crippen molar-refractivity contribution >= 4 is 51.6 Å². The number of aromatic nitrogens is 1. The van der Waals surface area contributed by atoms with E-state index in [4.69, 9.17) is 16.0 Å². The van der Waals surface area contributed by atoms with E-state index in [2.05, 4.69) is 46.1 Å². The molecule has 2 aromatic rings. The van der Waals surface area contributed by atoms with Crippen LogP contribution in [0.25, 0.3) is 0 Å². The third kappa shape index (κ3) is 8.40. The summed E-state index contributed by atoms with van der Waals surface area (Å²) in [5, 5.41) is 6.55. The molecule has 0 amide bonds. The van der Waals surface area contributed by atoms with Crippen molar-refractivity contribution in [1.82, 2.24) is 20.3 Å². The van der Waals surface area contributed by atoms with Crippen molar-refractivity contribution in [1.29, 1.82) is 0 Å². The summed E-state index contributed by atoms with van der Waals surface area (Å²) in [4.78, 5) is 8.81. The molecule has 0 bridgehead atoms. The smallest absolute Gasteiger partial charge is 0.240 e. The number of benzene rings is 1. The number of sulfonamides is 1. The van der Waals surface area contributed by atoms with E-state index >= 15 is 0 Å². The molecule has 11 heteroatoms. The van der Waals surface area contributed by atoms with E-state index in [9.17, 15) is 8.42 Å². The maximum atomic E-state index is 12.3. The quantitative estimate of drug-likeness (QED) is 0.195. The highest BCUT2D eigenvalue weighted by atomic mass is 127. The molecule has 0 atom stereocenters.